The van der Waals surface area contributed by atoms with Crippen molar-refractivity contribution in [2.75, 3.05) is 0 Å². The molecular formula is C30H24Cl2HfSi. The number of hydrogen-bond donors (Lipinski definition) is 0. The van der Waals surface area contributed by atoms with E-state index in [1.54, 1.807) is 24.8 Å². The average molecular weight is 662 g/mol. The fraction of sp³-hybridized carbons (Fsp3) is 0.0667. The van der Waals surface area contributed by atoms with Crippen LogP contribution in [0, 0.1) is 0 Å². The predicted octanol–water partition coefficient (Wildman–Crippen LogP) is 0.0323. The fourth-order valence-corrected chi connectivity index (χ4v) is 36.4. The Hall–Kier alpha value is -1.97. The molecule has 0 saturated carbocycles. The van der Waals surface area contributed by atoms with Crippen LogP contribution in [0.15, 0.2) is 131 Å². The summed E-state index contributed by atoms with van der Waals surface area (Å²) in [4.78, 5) is 0. The molecule has 0 N–H and O–H groups in total. The van der Waals surface area contributed by atoms with E-state index in [2.05, 4.69) is 127 Å². The van der Waals surface area contributed by atoms with Gasteiger partial charge in [-0.1, -0.05) is 0 Å². The van der Waals surface area contributed by atoms with Gasteiger partial charge in [0.05, 0.1) is 0 Å². The maximum atomic E-state index is 2.49. The zero-order chi connectivity index (χ0) is 21.3. The summed E-state index contributed by atoms with van der Waals surface area (Å²) < 4.78 is 2.38. The molecule has 0 unspecified atom stereocenters. The van der Waals surface area contributed by atoms with Gasteiger partial charge in [0.15, 0.2) is 0 Å². The topological polar surface area (TPSA) is 0 Å². The van der Waals surface area contributed by atoms with Gasteiger partial charge in [-0.05, 0) is 0 Å². The smallest absolute Gasteiger partial charge is 1.00 e. The molecule has 0 bridgehead atoms. The van der Waals surface area contributed by atoms with Crippen molar-refractivity contribution in [3.63, 3.8) is 0 Å². The average Bonchev–Trinajstić information content (AvgIpc) is 3.51. The van der Waals surface area contributed by atoms with Crippen LogP contribution in [0.2, 0.25) is 0 Å². The van der Waals surface area contributed by atoms with E-state index < -0.39 is 25.6 Å². The summed E-state index contributed by atoms with van der Waals surface area (Å²) in [5.41, 5.74) is 5.21. The van der Waals surface area contributed by atoms with Gasteiger partial charge in [0.25, 0.3) is 0 Å². The molecule has 4 aromatic carbocycles. The molecule has 2 aliphatic rings. The third-order valence-corrected chi connectivity index (χ3v) is 34.1. The van der Waals surface area contributed by atoms with Gasteiger partial charge in [0, 0.05) is 0 Å². The maximum Gasteiger partial charge on any atom is -1.00 e. The number of rotatable bonds is 4. The molecule has 0 nitrogen and oxygen atoms in total. The monoisotopic (exact) mass is 662 g/mol. The molecule has 4 heteroatoms. The van der Waals surface area contributed by atoms with E-state index in [1.165, 1.54) is 11.1 Å². The van der Waals surface area contributed by atoms with E-state index in [-0.39, 0.29) is 24.8 Å². The maximum absolute atomic E-state index is 2.51. The van der Waals surface area contributed by atoms with Gasteiger partial charge in [-0.25, -0.2) is 0 Å². The van der Waals surface area contributed by atoms with Crippen LogP contribution >= 0.6 is 0 Å². The zero-order valence-electron chi connectivity index (χ0n) is 18.7. The Bertz CT molecular complexity index is 1300. The summed E-state index contributed by atoms with van der Waals surface area (Å²) in [6.07, 6.45) is 8.32. The second kappa shape index (κ2) is 11.2. The Morgan fingerprint density at radius 1 is 0.588 bits per heavy atom. The van der Waals surface area contributed by atoms with Crippen molar-refractivity contribution < 1.29 is 44.9 Å². The molecule has 0 amide bonds. The van der Waals surface area contributed by atoms with Crippen LogP contribution in [0.1, 0.15) is 21.2 Å². The quantitative estimate of drug-likeness (QED) is 0.271. The van der Waals surface area contributed by atoms with Crippen molar-refractivity contribution in [1.29, 1.82) is 0 Å². The third kappa shape index (κ3) is 4.49. The number of allylic oxidation sites excluding steroid dienone is 4. The Morgan fingerprint density at radius 3 is 1.53 bits per heavy atom. The Labute approximate surface area is 222 Å². The van der Waals surface area contributed by atoms with E-state index in [9.17, 15) is 0 Å². The van der Waals surface area contributed by atoms with Gasteiger partial charge in [0.1, 0.15) is 0 Å². The first-order valence-electron chi connectivity index (χ1n) is 11.3. The summed E-state index contributed by atoms with van der Waals surface area (Å²) in [7, 11) is 0. The van der Waals surface area contributed by atoms with E-state index in [0.29, 0.717) is 3.67 Å². The van der Waals surface area contributed by atoms with Crippen LogP contribution < -0.4 is 35.2 Å². The fourth-order valence-electron chi connectivity index (χ4n) is 5.29. The minimum Gasteiger partial charge on any atom is -1.00 e. The number of fused-ring (bicyclic) bond motifs is 3. The molecule has 0 fully saturated rings. The van der Waals surface area contributed by atoms with Crippen molar-refractivity contribution >= 4 is 15.9 Å². The molecule has 4 aromatic rings. The van der Waals surface area contributed by atoms with Crippen molar-refractivity contribution in [3.8, 4) is 11.1 Å². The van der Waals surface area contributed by atoms with Crippen LogP contribution in [0.5, 0.6) is 0 Å². The second-order valence-electron chi connectivity index (χ2n) is 8.45. The van der Waals surface area contributed by atoms with E-state index >= 15 is 0 Å². The van der Waals surface area contributed by atoms with Gasteiger partial charge in [-0.15, -0.1) is 0 Å². The summed E-state index contributed by atoms with van der Waals surface area (Å²) in [5.74, 6) is 0. The van der Waals surface area contributed by atoms with Gasteiger partial charge < -0.3 is 24.8 Å². The van der Waals surface area contributed by atoms with Crippen molar-refractivity contribution in [2.45, 2.75) is 10.1 Å². The van der Waals surface area contributed by atoms with Crippen LogP contribution in [-0.4, -0.2) is 5.49 Å². The van der Waals surface area contributed by atoms with Gasteiger partial charge in [0.2, 0.25) is 0 Å². The van der Waals surface area contributed by atoms with E-state index in [0.717, 1.165) is 6.42 Å². The minimum absolute atomic E-state index is 0. The first-order valence-corrected chi connectivity index (χ1v) is 22.1. The molecular weight excluding hydrogens is 638 g/mol. The predicted molar refractivity (Wildman–Crippen MR) is 133 cm³/mol. The van der Waals surface area contributed by atoms with Crippen LogP contribution in [-0.2, 0) is 20.1 Å². The van der Waals surface area contributed by atoms with Crippen LogP contribution in [0.25, 0.3) is 11.1 Å². The summed E-state index contributed by atoms with van der Waals surface area (Å²) in [6.45, 7) is 0. The van der Waals surface area contributed by atoms with Gasteiger partial charge in [-0.2, -0.15) is 0 Å². The summed E-state index contributed by atoms with van der Waals surface area (Å²) in [6, 6.07) is 41.3. The molecule has 6 rings (SSSR count). The van der Waals surface area contributed by atoms with Crippen molar-refractivity contribution in [2.24, 2.45) is 0 Å². The summed E-state index contributed by atoms with van der Waals surface area (Å²) >= 11 is -2.51. The minimum atomic E-state index is -2.51. The van der Waals surface area contributed by atoms with Crippen LogP contribution in [0.3, 0.4) is 0 Å². The first-order chi connectivity index (χ1) is 15.9. The molecule has 0 aliphatic heterocycles. The first kappa shape index (κ1) is 25.1. The van der Waals surface area contributed by atoms with E-state index in [4.69, 9.17) is 0 Å². The van der Waals surface area contributed by atoms with E-state index in [1.807, 2.05) is 0 Å². The molecule has 0 radical (unpaired) electrons. The largest absolute Gasteiger partial charge is 1.00 e. The SMILES string of the molecule is C1=CC[C]([Hf+2]([CH]2c3ccccc3-c3ccccc32)=[Si](c2ccccc2)c2ccccc2)=C1.[Cl-].[Cl-]. The molecule has 2 aliphatic carbocycles. The normalized spacial score (nSPS) is 13.0. The van der Waals surface area contributed by atoms with Crippen molar-refractivity contribution in [3.05, 3.63) is 142 Å². The van der Waals surface area contributed by atoms with Gasteiger partial charge in [-0.3, -0.25) is 0 Å². The third-order valence-electron chi connectivity index (χ3n) is 6.63. The summed E-state index contributed by atoms with van der Waals surface area (Å²) in [5, 5.41) is 3.17. The molecule has 0 heterocycles. The standard InChI is InChI=1S/C13H9.C12H10Si.C5H5.2ClH.Hf/c1-3-7-12-10(5-1)9-11-6-2-4-8-13(11)12;1-3-7-11(8-4-1)13-12-9-5-2-6-10-12;1-2-4-5-3-1;;;/h1-9H;1-10H;1-3H,4H2;2*1H;/q;;;;;+2/p-2. The molecule has 166 valence electrons. The second-order valence-corrected chi connectivity index (χ2v) is 27.5. The number of benzene rings is 4. The molecule has 0 atom stereocenters. The molecule has 0 saturated heterocycles. The van der Waals surface area contributed by atoms with Gasteiger partial charge >= 0.3 is 199 Å². The molecule has 0 aromatic heterocycles. The van der Waals surface area contributed by atoms with Crippen LogP contribution in [0.4, 0.5) is 0 Å². The Morgan fingerprint density at radius 2 is 1.06 bits per heavy atom. The number of hydrogen-bond acceptors (Lipinski definition) is 0. The molecule has 34 heavy (non-hydrogen) atoms. The molecule has 0 spiro atoms. The van der Waals surface area contributed by atoms with Crippen molar-refractivity contribution in [1.82, 2.24) is 0 Å². The Balaban J connectivity index is 0.00000137. The zero-order valence-corrected chi connectivity index (χ0v) is 24.8. The Kier molecular flexibility index (Phi) is 8.26. The number of halogens is 2.